The molecule has 11 nitrogen and oxygen atoms in total. The standard InChI is InChI=1S/C23H27N9O2/c1-12(13-3-2-4-14(5-13)21-26-28-29-27-21)31-17-8-20(23(31)34)30(10-17)11-18(25)22(33)32-16(9-24)6-15-7-19(15)32/h2-5,12,15-20H,6-8,10-11,25H2,1H3,(H,26,27,28,29)/t12-,15+,16-,17?,18-,19-,20-/m0/s1. The summed E-state index contributed by atoms with van der Waals surface area (Å²) in [6.07, 6.45) is 2.47. The van der Waals surface area contributed by atoms with Crippen LogP contribution >= 0.6 is 0 Å². The highest BCUT2D eigenvalue weighted by Gasteiger charge is 2.56. The molecule has 1 aromatic heterocycles. The van der Waals surface area contributed by atoms with E-state index in [0.717, 1.165) is 30.4 Å². The highest BCUT2D eigenvalue weighted by Crippen LogP contribution is 2.48. The molecule has 1 aromatic carbocycles. The predicted molar refractivity (Wildman–Crippen MR) is 119 cm³/mol. The number of fused-ring (bicyclic) bond motifs is 3. The number of piperazine rings is 1. The van der Waals surface area contributed by atoms with Gasteiger partial charge < -0.3 is 15.5 Å². The number of aromatic amines is 1. The Kier molecular flexibility index (Phi) is 4.89. The quantitative estimate of drug-likeness (QED) is 0.613. The number of nitrogens with one attached hydrogen (secondary N) is 1. The number of piperidine rings is 1. The molecule has 3 aliphatic heterocycles. The van der Waals surface area contributed by atoms with Crippen LogP contribution in [0.15, 0.2) is 24.3 Å². The second-order valence-electron chi connectivity index (χ2n) is 9.94. The van der Waals surface area contributed by atoms with Gasteiger partial charge >= 0.3 is 0 Å². The van der Waals surface area contributed by atoms with Crippen LogP contribution in [0.1, 0.15) is 37.8 Å². The van der Waals surface area contributed by atoms with Gasteiger partial charge in [-0.3, -0.25) is 14.5 Å². The van der Waals surface area contributed by atoms with E-state index in [1.165, 1.54) is 0 Å². The third-order valence-corrected chi connectivity index (χ3v) is 7.96. The number of amides is 2. The van der Waals surface area contributed by atoms with Crippen molar-refractivity contribution in [2.45, 2.75) is 62.4 Å². The zero-order valence-electron chi connectivity index (χ0n) is 18.9. The van der Waals surface area contributed by atoms with Crippen LogP contribution < -0.4 is 5.73 Å². The van der Waals surface area contributed by atoms with Gasteiger partial charge in [0.1, 0.15) is 6.04 Å². The minimum Gasteiger partial charge on any atom is -0.330 e. The first-order valence-electron chi connectivity index (χ1n) is 11.8. The van der Waals surface area contributed by atoms with E-state index in [0.29, 0.717) is 24.8 Å². The molecule has 4 aliphatic rings. The van der Waals surface area contributed by atoms with Crippen LogP contribution in [0.4, 0.5) is 0 Å². The van der Waals surface area contributed by atoms with E-state index in [2.05, 4.69) is 31.6 Å². The molecule has 0 radical (unpaired) electrons. The normalized spacial score (nSPS) is 31.4. The smallest absolute Gasteiger partial charge is 0.242 e. The number of tetrazole rings is 1. The number of H-pyrrole nitrogens is 1. The molecule has 4 heterocycles. The molecule has 7 atom stereocenters. The highest BCUT2D eigenvalue weighted by atomic mass is 16.2. The lowest BCUT2D eigenvalue weighted by Crippen LogP contribution is -2.57. The van der Waals surface area contributed by atoms with Gasteiger partial charge in [0.15, 0.2) is 0 Å². The van der Waals surface area contributed by atoms with Gasteiger partial charge in [-0.25, -0.2) is 0 Å². The summed E-state index contributed by atoms with van der Waals surface area (Å²) in [5, 5.41) is 23.6. The lowest BCUT2D eigenvalue weighted by atomic mass is 10.0. The Labute approximate surface area is 196 Å². The molecule has 1 aliphatic carbocycles. The Morgan fingerprint density at radius 3 is 2.94 bits per heavy atom. The van der Waals surface area contributed by atoms with Crippen LogP contribution in [0.3, 0.4) is 0 Å². The van der Waals surface area contributed by atoms with E-state index in [4.69, 9.17) is 5.73 Å². The minimum absolute atomic E-state index is 0.0756. The highest BCUT2D eigenvalue weighted by molar-refractivity contribution is 5.87. The summed E-state index contributed by atoms with van der Waals surface area (Å²) >= 11 is 0. The van der Waals surface area contributed by atoms with Crippen molar-refractivity contribution in [3.05, 3.63) is 29.8 Å². The predicted octanol–water partition coefficient (Wildman–Crippen LogP) is 0.0531. The number of hydrogen-bond acceptors (Lipinski definition) is 8. The Morgan fingerprint density at radius 2 is 2.21 bits per heavy atom. The number of nitrogens with zero attached hydrogens (tertiary/aromatic N) is 7. The number of carbonyl (C=O) groups excluding carboxylic acids is 2. The van der Waals surface area contributed by atoms with Crippen LogP contribution in [-0.4, -0.2) is 90.4 Å². The monoisotopic (exact) mass is 461 g/mol. The van der Waals surface area contributed by atoms with Gasteiger partial charge in [0.25, 0.3) is 0 Å². The molecule has 4 fully saturated rings. The van der Waals surface area contributed by atoms with E-state index >= 15 is 0 Å². The van der Waals surface area contributed by atoms with Gasteiger partial charge in [-0.1, -0.05) is 18.2 Å². The lowest BCUT2D eigenvalue weighted by Gasteiger charge is -2.38. The van der Waals surface area contributed by atoms with Crippen molar-refractivity contribution in [2.75, 3.05) is 13.1 Å². The summed E-state index contributed by atoms with van der Waals surface area (Å²) in [6.45, 7) is 3.07. The van der Waals surface area contributed by atoms with Gasteiger partial charge in [-0.2, -0.15) is 10.5 Å². The Hall–Kier alpha value is -3.36. The number of likely N-dealkylation sites (tertiary alicyclic amines) is 3. The van der Waals surface area contributed by atoms with Crippen molar-refractivity contribution >= 4 is 11.8 Å². The van der Waals surface area contributed by atoms with Gasteiger partial charge in [0, 0.05) is 30.7 Å². The summed E-state index contributed by atoms with van der Waals surface area (Å²) in [5.74, 6) is 0.892. The van der Waals surface area contributed by atoms with Gasteiger partial charge in [0.05, 0.1) is 24.2 Å². The van der Waals surface area contributed by atoms with Gasteiger partial charge in [-0.15, -0.1) is 10.2 Å². The molecular formula is C23H27N9O2. The lowest BCUT2D eigenvalue weighted by molar-refractivity contribution is -0.141. The topological polar surface area (TPSA) is 148 Å². The third-order valence-electron chi connectivity index (χ3n) is 7.96. The zero-order chi connectivity index (χ0) is 23.6. The number of benzene rings is 1. The van der Waals surface area contributed by atoms with E-state index in [1.807, 2.05) is 36.1 Å². The largest absolute Gasteiger partial charge is 0.330 e. The van der Waals surface area contributed by atoms with E-state index < -0.39 is 6.04 Å². The van der Waals surface area contributed by atoms with E-state index in [9.17, 15) is 14.9 Å². The zero-order valence-corrected chi connectivity index (χ0v) is 18.9. The van der Waals surface area contributed by atoms with Crippen molar-refractivity contribution in [1.82, 2.24) is 35.3 Å². The third kappa shape index (κ3) is 3.28. The van der Waals surface area contributed by atoms with Gasteiger partial charge in [0.2, 0.25) is 17.6 Å². The first-order valence-corrected chi connectivity index (χ1v) is 11.8. The average Bonchev–Trinajstić information content (AvgIpc) is 3.28. The molecule has 6 rings (SSSR count). The fraction of sp³-hybridized carbons (Fsp3) is 0.565. The van der Waals surface area contributed by atoms with Crippen molar-refractivity contribution in [3.63, 3.8) is 0 Å². The summed E-state index contributed by atoms with van der Waals surface area (Å²) in [7, 11) is 0. The number of aromatic nitrogens is 4. The van der Waals surface area contributed by atoms with Crippen molar-refractivity contribution in [2.24, 2.45) is 11.7 Å². The number of nitrogens with two attached hydrogens (primary N) is 1. The number of hydrogen-bond donors (Lipinski definition) is 2. The maximum absolute atomic E-state index is 13.3. The molecule has 34 heavy (non-hydrogen) atoms. The molecular weight excluding hydrogens is 434 g/mol. The Balaban J connectivity index is 1.12. The summed E-state index contributed by atoms with van der Waals surface area (Å²) in [4.78, 5) is 32.1. The Morgan fingerprint density at radius 1 is 1.35 bits per heavy atom. The van der Waals surface area contributed by atoms with E-state index in [-0.39, 0.29) is 42.0 Å². The number of rotatable bonds is 6. The minimum atomic E-state index is -0.722. The second-order valence-corrected chi connectivity index (χ2v) is 9.94. The molecule has 2 aromatic rings. The molecule has 3 N–H and O–H groups in total. The molecule has 1 saturated carbocycles. The SMILES string of the molecule is C[C@@H](c1cccc(-c2nn[nH]n2)c1)N1C(=O)[C@@H]2CC1CN2C[C@H](N)C(=O)N1[C@H](C#N)C[C@@H]2C[C@@H]21. The van der Waals surface area contributed by atoms with Crippen LogP contribution in [0.25, 0.3) is 11.4 Å². The first-order chi connectivity index (χ1) is 16.5. The Bertz CT molecular complexity index is 1160. The molecule has 1 unspecified atom stereocenters. The van der Waals surface area contributed by atoms with Crippen LogP contribution in [0.2, 0.25) is 0 Å². The first kappa shape index (κ1) is 21.2. The molecule has 0 spiro atoms. The van der Waals surface area contributed by atoms with Crippen LogP contribution in [0, 0.1) is 17.2 Å². The molecule has 11 heteroatoms. The van der Waals surface area contributed by atoms with Crippen LogP contribution in [-0.2, 0) is 9.59 Å². The maximum atomic E-state index is 13.3. The molecule has 176 valence electrons. The van der Waals surface area contributed by atoms with Crippen molar-refractivity contribution in [1.29, 1.82) is 5.26 Å². The fourth-order valence-electron chi connectivity index (χ4n) is 6.19. The van der Waals surface area contributed by atoms with Crippen molar-refractivity contribution < 1.29 is 9.59 Å². The van der Waals surface area contributed by atoms with Crippen molar-refractivity contribution in [3.8, 4) is 17.5 Å². The summed E-state index contributed by atoms with van der Waals surface area (Å²) in [5.41, 5.74) is 8.17. The van der Waals surface area contributed by atoms with Gasteiger partial charge in [-0.05, 0) is 48.9 Å². The fourth-order valence-corrected chi connectivity index (χ4v) is 6.19. The number of nitriles is 1. The molecule has 2 bridgehead atoms. The average molecular weight is 462 g/mol. The molecule has 3 saturated heterocycles. The second kappa shape index (κ2) is 7.85. The van der Waals surface area contributed by atoms with Crippen LogP contribution in [0.5, 0.6) is 0 Å². The number of carbonyl (C=O) groups is 2. The summed E-state index contributed by atoms with van der Waals surface area (Å²) in [6, 6.07) is 8.92. The van der Waals surface area contributed by atoms with E-state index in [1.54, 1.807) is 4.90 Å². The summed E-state index contributed by atoms with van der Waals surface area (Å²) < 4.78 is 0. The molecule has 2 amide bonds. The maximum Gasteiger partial charge on any atom is 0.242 e.